The molecule has 0 fully saturated rings. The third-order valence-electron chi connectivity index (χ3n) is 3.66. The molecule has 4 amide bonds. The van der Waals surface area contributed by atoms with Gasteiger partial charge in [0.15, 0.2) is 0 Å². The zero-order valence-corrected chi connectivity index (χ0v) is 18.8. The normalized spacial score (nSPS) is 13.6. The summed E-state index contributed by atoms with van der Waals surface area (Å²) in [5.41, 5.74) is 5.57. The summed E-state index contributed by atoms with van der Waals surface area (Å²) in [6.07, 6.45) is 0. The molecule has 11 nitrogen and oxygen atoms in total. The van der Waals surface area contributed by atoms with E-state index in [9.17, 15) is 24.0 Å². The molecule has 0 aliphatic heterocycles. The Labute approximate surface area is 185 Å². The Bertz CT molecular complexity index is 623. The maximum Gasteiger partial charge on any atom is 0.327 e. The summed E-state index contributed by atoms with van der Waals surface area (Å²) in [6, 6.07) is -3.09. The molecule has 29 heavy (non-hydrogen) atoms. The summed E-state index contributed by atoms with van der Waals surface area (Å²) in [5.74, 6) is -3.70. The molecule has 0 aliphatic carbocycles. The number of hydrogen-bond acceptors (Lipinski definition) is 9. The Morgan fingerprint density at radius 1 is 0.828 bits per heavy atom. The van der Waals surface area contributed by atoms with Crippen LogP contribution in [-0.2, 0) is 24.0 Å². The number of hydrogen-bond donors (Lipinski definition) is 7. The van der Waals surface area contributed by atoms with Gasteiger partial charge in [0, 0.05) is 31.4 Å². The van der Waals surface area contributed by atoms with E-state index in [1.165, 1.54) is 14.1 Å². The molecule has 166 valence electrons. The molecule has 0 unspecified atom stereocenters. The summed E-state index contributed by atoms with van der Waals surface area (Å²) >= 11 is 11.8. The lowest BCUT2D eigenvalue weighted by Crippen LogP contribution is -2.54. The molecule has 0 saturated carbocycles. The number of nitrogens with one attached hydrogen (secondary N) is 2. The number of carbonyl (C=O) groups excluding carboxylic acids is 4. The number of aliphatic carboxylic acids is 1. The van der Waals surface area contributed by atoms with Crippen LogP contribution in [0.5, 0.6) is 0 Å². The van der Waals surface area contributed by atoms with Crippen molar-refractivity contribution in [3.63, 3.8) is 0 Å². The van der Waals surface area contributed by atoms with Crippen molar-refractivity contribution < 1.29 is 29.1 Å². The molecule has 0 aliphatic rings. The van der Waals surface area contributed by atoms with Gasteiger partial charge >= 0.3 is 5.97 Å². The highest BCUT2D eigenvalue weighted by molar-refractivity contribution is 7.80. The standard InChI is InChI=1S/C15H27N5O6S3/c1-19(13(23)8(16)5-27)3-11(21)17-9(6-28)14(24)20(2)4-12(22)18-10(7-29)15(25)26/h8-10,27-29H,3-7,16H2,1-2H3,(H,17,21)(H,18,22)(H,25,26)/t8-,9-,10-/m0/s1. The second-order valence-electron chi connectivity index (χ2n) is 6.12. The molecule has 0 aromatic rings. The lowest BCUT2D eigenvalue weighted by molar-refractivity contribution is -0.142. The number of nitrogens with zero attached hydrogens (tertiary/aromatic N) is 2. The summed E-state index contributed by atoms with van der Waals surface area (Å²) in [4.78, 5) is 61.4. The zero-order valence-electron chi connectivity index (χ0n) is 16.1. The Morgan fingerprint density at radius 2 is 1.24 bits per heavy atom. The van der Waals surface area contributed by atoms with Gasteiger partial charge in [-0.1, -0.05) is 0 Å². The summed E-state index contributed by atoms with van der Waals surface area (Å²) in [6.45, 7) is -0.754. The van der Waals surface area contributed by atoms with E-state index in [1.807, 2.05) is 0 Å². The lowest BCUT2D eigenvalue weighted by Gasteiger charge is -2.25. The number of rotatable bonds is 12. The number of nitrogens with two attached hydrogens (primary N) is 1. The smallest absolute Gasteiger partial charge is 0.327 e. The monoisotopic (exact) mass is 469 g/mol. The highest BCUT2D eigenvalue weighted by Crippen LogP contribution is 1.99. The fourth-order valence-corrected chi connectivity index (χ4v) is 2.72. The van der Waals surface area contributed by atoms with Gasteiger partial charge in [0.1, 0.15) is 12.1 Å². The van der Waals surface area contributed by atoms with Gasteiger partial charge in [-0.15, -0.1) is 0 Å². The van der Waals surface area contributed by atoms with E-state index in [0.717, 1.165) is 9.80 Å². The van der Waals surface area contributed by atoms with Crippen LogP contribution in [-0.4, -0.2) is 107 Å². The SMILES string of the molecule is CN(CC(=O)N[C@@H](CS)C(=O)O)C(=O)[C@H](CS)NC(=O)CN(C)C(=O)[C@@H](N)CS. The predicted octanol–water partition coefficient (Wildman–Crippen LogP) is -2.93. The quantitative estimate of drug-likeness (QED) is 0.151. The lowest BCUT2D eigenvalue weighted by atomic mass is 10.2. The fraction of sp³-hybridized carbons (Fsp3) is 0.667. The van der Waals surface area contributed by atoms with Gasteiger partial charge in [0.05, 0.1) is 19.1 Å². The predicted molar refractivity (Wildman–Crippen MR) is 116 cm³/mol. The van der Waals surface area contributed by atoms with Crippen LogP contribution in [0, 0.1) is 0 Å². The maximum atomic E-state index is 12.4. The molecule has 14 heteroatoms. The highest BCUT2D eigenvalue weighted by atomic mass is 32.1. The van der Waals surface area contributed by atoms with Crippen molar-refractivity contribution in [1.29, 1.82) is 0 Å². The topological polar surface area (TPSA) is 162 Å². The Morgan fingerprint density at radius 3 is 1.62 bits per heavy atom. The molecular weight excluding hydrogens is 442 g/mol. The average Bonchev–Trinajstić information content (AvgIpc) is 2.67. The minimum atomic E-state index is -1.25. The highest BCUT2D eigenvalue weighted by Gasteiger charge is 2.27. The first-order valence-electron chi connectivity index (χ1n) is 8.38. The molecule has 0 aromatic carbocycles. The van der Waals surface area contributed by atoms with Crippen LogP contribution < -0.4 is 16.4 Å². The second kappa shape index (κ2) is 13.6. The minimum absolute atomic E-state index is 0.0568. The maximum absolute atomic E-state index is 12.4. The van der Waals surface area contributed by atoms with E-state index >= 15 is 0 Å². The molecule has 0 radical (unpaired) electrons. The van der Waals surface area contributed by atoms with E-state index in [4.69, 9.17) is 10.8 Å². The van der Waals surface area contributed by atoms with Crippen LogP contribution in [0.15, 0.2) is 0 Å². The van der Waals surface area contributed by atoms with Crippen molar-refractivity contribution in [2.45, 2.75) is 18.1 Å². The van der Waals surface area contributed by atoms with Crippen molar-refractivity contribution in [3.05, 3.63) is 0 Å². The van der Waals surface area contributed by atoms with Crippen LogP contribution in [0.2, 0.25) is 0 Å². The van der Waals surface area contributed by atoms with Crippen LogP contribution in [0.25, 0.3) is 0 Å². The Hall–Kier alpha value is -1.64. The van der Waals surface area contributed by atoms with Crippen LogP contribution >= 0.6 is 37.9 Å². The number of carboxylic acid groups (broad SMARTS) is 1. The first-order chi connectivity index (χ1) is 13.5. The number of likely N-dealkylation sites (N-methyl/N-ethyl adjacent to an activating group) is 2. The largest absolute Gasteiger partial charge is 0.480 e. The molecule has 0 aromatic heterocycles. The van der Waals surface area contributed by atoms with Gasteiger partial charge in [-0.2, -0.15) is 37.9 Å². The van der Waals surface area contributed by atoms with E-state index in [2.05, 4.69) is 48.5 Å². The molecule has 0 heterocycles. The third-order valence-corrected chi connectivity index (χ3v) is 4.78. The number of amides is 4. The van der Waals surface area contributed by atoms with Crippen molar-refractivity contribution >= 4 is 67.5 Å². The summed E-state index contributed by atoms with van der Waals surface area (Å²) < 4.78 is 0. The Balaban J connectivity index is 4.78. The molecule has 5 N–H and O–H groups in total. The van der Waals surface area contributed by atoms with Crippen LogP contribution in [0.3, 0.4) is 0 Å². The van der Waals surface area contributed by atoms with Gasteiger partial charge in [-0.25, -0.2) is 4.79 Å². The van der Waals surface area contributed by atoms with Crippen molar-refractivity contribution in [1.82, 2.24) is 20.4 Å². The van der Waals surface area contributed by atoms with Crippen LogP contribution in [0.4, 0.5) is 0 Å². The van der Waals surface area contributed by atoms with Gasteiger partial charge < -0.3 is 31.3 Å². The third kappa shape index (κ3) is 9.60. The summed E-state index contributed by atoms with van der Waals surface area (Å²) in [7, 11) is 2.71. The fourth-order valence-electron chi connectivity index (χ4n) is 2.06. The molecule has 0 spiro atoms. The molecule has 0 saturated heterocycles. The van der Waals surface area contributed by atoms with E-state index in [-0.39, 0.29) is 23.8 Å². The van der Waals surface area contributed by atoms with Gasteiger partial charge in [0.25, 0.3) is 0 Å². The van der Waals surface area contributed by atoms with E-state index < -0.39 is 54.3 Å². The van der Waals surface area contributed by atoms with Crippen molar-refractivity contribution in [2.24, 2.45) is 5.73 Å². The van der Waals surface area contributed by atoms with E-state index in [0.29, 0.717) is 0 Å². The number of carboxylic acids is 1. The molecule has 0 bridgehead atoms. The van der Waals surface area contributed by atoms with Gasteiger partial charge in [0.2, 0.25) is 23.6 Å². The van der Waals surface area contributed by atoms with Crippen molar-refractivity contribution in [3.8, 4) is 0 Å². The van der Waals surface area contributed by atoms with Crippen LogP contribution in [0.1, 0.15) is 0 Å². The first-order valence-corrected chi connectivity index (χ1v) is 10.3. The van der Waals surface area contributed by atoms with Crippen molar-refractivity contribution in [2.75, 3.05) is 44.4 Å². The second-order valence-corrected chi connectivity index (χ2v) is 7.22. The van der Waals surface area contributed by atoms with Gasteiger partial charge in [-0.05, 0) is 0 Å². The zero-order chi connectivity index (χ0) is 22.7. The number of carbonyl (C=O) groups is 5. The summed E-state index contributed by atoms with van der Waals surface area (Å²) in [5, 5.41) is 13.6. The molecule has 0 rings (SSSR count). The van der Waals surface area contributed by atoms with E-state index in [1.54, 1.807) is 0 Å². The number of thiol groups is 3. The Kier molecular flexibility index (Phi) is 12.8. The first kappa shape index (κ1) is 27.4. The average molecular weight is 470 g/mol. The molecular formula is C15H27N5O6S3. The minimum Gasteiger partial charge on any atom is -0.480 e. The molecule has 3 atom stereocenters. The van der Waals surface area contributed by atoms with Gasteiger partial charge in [-0.3, -0.25) is 19.2 Å².